The minimum absolute atomic E-state index is 1.41. The first kappa shape index (κ1) is 16.5. The molecule has 0 fully saturated rings. The summed E-state index contributed by atoms with van der Waals surface area (Å²) in [7, 11) is 0. The van der Waals surface area contributed by atoms with Crippen molar-refractivity contribution in [2.24, 2.45) is 0 Å². The fourth-order valence-electron chi connectivity index (χ4n) is 3.76. The van der Waals surface area contributed by atoms with Gasteiger partial charge >= 0.3 is 153 Å². The van der Waals surface area contributed by atoms with Gasteiger partial charge in [0.1, 0.15) is 0 Å². The van der Waals surface area contributed by atoms with Crippen LogP contribution in [0.3, 0.4) is 0 Å². The van der Waals surface area contributed by atoms with Crippen LogP contribution in [0.4, 0.5) is 0 Å². The summed E-state index contributed by atoms with van der Waals surface area (Å²) in [4.78, 5) is 15.5. The van der Waals surface area contributed by atoms with E-state index in [1.165, 1.54) is 21.9 Å². The van der Waals surface area contributed by atoms with E-state index in [0.717, 1.165) is 0 Å². The van der Waals surface area contributed by atoms with E-state index in [2.05, 4.69) is 77.4 Å². The van der Waals surface area contributed by atoms with Crippen molar-refractivity contribution in [3.8, 4) is 22.3 Å². The summed E-state index contributed by atoms with van der Waals surface area (Å²) in [6, 6.07) is 13.8. The van der Waals surface area contributed by atoms with E-state index in [4.69, 9.17) is 0 Å². The van der Waals surface area contributed by atoms with Crippen LogP contribution in [-0.2, 0) is 0 Å². The zero-order valence-corrected chi connectivity index (χ0v) is 21.4. The molecule has 4 rings (SSSR count). The molecule has 1 aliphatic carbocycles. The predicted octanol–water partition coefficient (Wildman–Crippen LogP) is 5.64. The Morgan fingerprint density at radius 3 is 1.48 bits per heavy atom. The van der Waals surface area contributed by atoms with Crippen molar-refractivity contribution in [3.63, 3.8) is 0 Å². The van der Waals surface area contributed by atoms with Gasteiger partial charge in [0.05, 0.1) is 0 Å². The van der Waals surface area contributed by atoms with Crippen molar-refractivity contribution >= 4 is 64.6 Å². The van der Waals surface area contributed by atoms with Crippen molar-refractivity contribution in [2.45, 2.75) is 29.6 Å². The summed E-state index contributed by atoms with van der Waals surface area (Å²) >= 11 is -2.08. The first-order valence-corrected chi connectivity index (χ1v) is 29.2. The average molecular weight is 534 g/mol. The van der Waals surface area contributed by atoms with Gasteiger partial charge in [-0.3, -0.25) is 0 Å². The summed E-state index contributed by atoms with van der Waals surface area (Å²) in [6.07, 6.45) is 0. The molecule has 3 aromatic rings. The number of hydrogen-bond donors (Lipinski definition) is 0. The molecule has 2 aromatic carbocycles. The van der Waals surface area contributed by atoms with Crippen LogP contribution in [0.15, 0.2) is 36.4 Å². The zero-order valence-electron chi connectivity index (χ0n) is 14.9. The Hall–Kier alpha value is -0.00260. The molecule has 0 spiro atoms. The number of fused-ring (bicyclic) bond motifs is 3. The summed E-state index contributed by atoms with van der Waals surface area (Å²) < 4.78 is 3.58. The van der Waals surface area contributed by atoms with Gasteiger partial charge in [-0.15, -0.1) is 0 Å². The van der Waals surface area contributed by atoms with Crippen molar-refractivity contribution in [2.75, 3.05) is 0 Å². The molecule has 23 heavy (non-hydrogen) atoms. The van der Waals surface area contributed by atoms with Crippen molar-refractivity contribution in [1.29, 1.82) is 0 Å². The number of rotatable bonds is 2. The van der Waals surface area contributed by atoms with Crippen LogP contribution < -0.4 is 5.79 Å². The van der Waals surface area contributed by atoms with Crippen LogP contribution in [0.25, 0.3) is 33.0 Å². The molecule has 0 saturated carbocycles. The molecule has 0 atom stereocenters. The maximum atomic E-state index is 2.58. The standard InChI is InChI=1S/C14H6S.6CH3.2Sn/c1-3-9-4-2-6-11-13-8-15-7-12(13)10(5-1)14(9)11;;;;;;;;/h1-6H;6*1H3;;. The van der Waals surface area contributed by atoms with Gasteiger partial charge < -0.3 is 0 Å². The fraction of sp³-hybridized carbons (Fsp3) is 0.300. The summed E-state index contributed by atoms with van der Waals surface area (Å²) in [5, 5.41) is 2.92. The fourth-order valence-corrected chi connectivity index (χ4v) is 20.5. The molecule has 118 valence electrons. The van der Waals surface area contributed by atoms with Gasteiger partial charge in [-0.25, -0.2) is 0 Å². The summed E-state index contributed by atoms with van der Waals surface area (Å²) in [5.74, 6) is 0. The Labute approximate surface area is 151 Å². The molecule has 0 aliphatic heterocycles. The quantitative estimate of drug-likeness (QED) is 0.293. The van der Waals surface area contributed by atoms with Crippen LogP contribution >= 0.6 is 11.3 Å². The Balaban J connectivity index is 2.20. The van der Waals surface area contributed by atoms with E-state index in [0.29, 0.717) is 0 Å². The second kappa shape index (κ2) is 5.25. The van der Waals surface area contributed by atoms with Gasteiger partial charge in [0.15, 0.2) is 0 Å². The number of benzene rings is 2. The van der Waals surface area contributed by atoms with Crippen LogP contribution in [-0.4, -0.2) is 36.8 Å². The van der Waals surface area contributed by atoms with E-state index >= 15 is 0 Å². The predicted molar refractivity (Wildman–Crippen MR) is 112 cm³/mol. The first-order valence-electron chi connectivity index (χ1n) is 8.40. The Morgan fingerprint density at radius 1 is 0.652 bits per heavy atom. The third-order valence-electron chi connectivity index (χ3n) is 4.71. The van der Waals surface area contributed by atoms with Gasteiger partial charge in [-0.05, 0) is 0 Å². The van der Waals surface area contributed by atoms with Crippen molar-refractivity contribution in [3.05, 3.63) is 36.4 Å². The minimum atomic E-state index is -2.15. The van der Waals surface area contributed by atoms with Crippen LogP contribution in [0.2, 0.25) is 29.6 Å². The molecule has 1 aromatic heterocycles. The topological polar surface area (TPSA) is 0 Å². The molecule has 1 heterocycles. The number of hydrogen-bond acceptors (Lipinski definition) is 1. The van der Waals surface area contributed by atoms with Gasteiger partial charge in [-0.1, -0.05) is 0 Å². The van der Waals surface area contributed by atoms with Gasteiger partial charge in [0, 0.05) is 0 Å². The van der Waals surface area contributed by atoms with E-state index in [1.54, 1.807) is 16.9 Å². The van der Waals surface area contributed by atoms with E-state index in [-0.39, 0.29) is 0 Å². The molecule has 0 radical (unpaired) electrons. The van der Waals surface area contributed by atoms with Crippen LogP contribution in [0, 0.1) is 0 Å². The molecule has 3 heteroatoms. The summed E-state index contributed by atoms with van der Waals surface area (Å²) in [6.45, 7) is 0. The third kappa shape index (κ3) is 2.44. The molecular weight excluding hydrogens is 510 g/mol. The molecular formula is C20H24SSn2. The molecule has 0 amide bonds. The molecule has 0 unspecified atom stereocenters. The van der Waals surface area contributed by atoms with E-state index in [9.17, 15) is 0 Å². The second-order valence-electron chi connectivity index (χ2n) is 8.72. The summed E-state index contributed by atoms with van der Waals surface area (Å²) in [5.41, 5.74) is 6.33. The second-order valence-corrected chi connectivity index (χ2v) is 40.3. The van der Waals surface area contributed by atoms with Gasteiger partial charge in [-0.2, -0.15) is 0 Å². The van der Waals surface area contributed by atoms with E-state index < -0.39 is 36.8 Å². The average Bonchev–Trinajstić information content (AvgIpc) is 2.97. The first-order chi connectivity index (χ1) is 10.7. The van der Waals surface area contributed by atoms with Crippen LogP contribution in [0.1, 0.15) is 0 Å². The third-order valence-corrected chi connectivity index (χ3v) is 24.7. The van der Waals surface area contributed by atoms with Crippen LogP contribution in [0.5, 0.6) is 0 Å². The Bertz CT molecular complexity index is 865. The molecule has 0 N–H and O–H groups in total. The van der Waals surface area contributed by atoms with E-state index in [1.807, 2.05) is 0 Å². The molecule has 0 saturated heterocycles. The maximum absolute atomic E-state index is 2.58. The Morgan fingerprint density at radius 2 is 1.09 bits per heavy atom. The zero-order chi connectivity index (χ0) is 16.6. The van der Waals surface area contributed by atoms with Crippen molar-refractivity contribution in [1.82, 2.24) is 0 Å². The molecule has 0 nitrogen and oxygen atoms in total. The van der Waals surface area contributed by atoms with Crippen molar-refractivity contribution < 1.29 is 0 Å². The van der Waals surface area contributed by atoms with Gasteiger partial charge in [0.2, 0.25) is 0 Å². The SMILES string of the molecule is [CH3][Sn]([CH3])([CH3])[c]1s[c]([Sn]([CH3])([CH3])[CH3])c2c1-c1cccc3cccc-2c13. The van der Waals surface area contributed by atoms with Gasteiger partial charge in [0.25, 0.3) is 0 Å². The number of thiophene rings is 1. The molecule has 1 aliphatic rings. The normalized spacial score (nSPS) is 13.7. The molecule has 0 bridgehead atoms. The Kier molecular flexibility index (Phi) is 3.76. The monoisotopic (exact) mass is 536 g/mol.